The van der Waals surface area contributed by atoms with Gasteiger partial charge in [0.25, 0.3) is 0 Å². The van der Waals surface area contributed by atoms with Crippen LogP contribution in [0.15, 0.2) is 18.2 Å². The van der Waals surface area contributed by atoms with Gasteiger partial charge in [0.2, 0.25) is 0 Å². The Balaban J connectivity index is 2.69. The molecule has 5 heteroatoms. The molecule has 1 aromatic rings. The number of phenolic OH excluding ortho intramolecular Hbond substituents is 1. The van der Waals surface area contributed by atoms with Gasteiger partial charge in [-0.15, -0.1) is 0 Å². The fraction of sp³-hybridized carbons (Fsp3) is 0.417. The Labute approximate surface area is 99.6 Å². The molecule has 2 N–H and O–H groups in total. The van der Waals surface area contributed by atoms with Crippen LogP contribution in [0, 0.1) is 0 Å². The number of esters is 1. The first-order chi connectivity index (χ1) is 8.08. The summed E-state index contributed by atoms with van der Waals surface area (Å²) in [5, 5.41) is 18.6. The van der Waals surface area contributed by atoms with Gasteiger partial charge in [-0.05, 0) is 24.6 Å². The highest BCUT2D eigenvalue weighted by molar-refractivity contribution is 5.90. The molecule has 0 aliphatic heterocycles. The van der Waals surface area contributed by atoms with Crippen molar-refractivity contribution in [3.63, 3.8) is 0 Å². The largest absolute Gasteiger partial charge is 0.504 e. The first-order valence-electron chi connectivity index (χ1n) is 5.30. The van der Waals surface area contributed by atoms with E-state index < -0.39 is 12.1 Å². The summed E-state index contributed by atoms with van der Waals surface area (Å²) < 4.78 is 9.77. The number of aromatic hydroxyl groups is 1. The van der Waals surface area contributed by atoms with Gasteiger partial charge < -0.3 is 19.7 Å². The van der Waals surface area contributed by atoms with Crippen LogP contribution in [0.5, 0.6) is 11.5 Å². The Morgan fingerprint density at radius 1 is 1.47 bits per heavy atom. The summed E-state index contributed by atoms with van der Waals surface area (Å²) in [6.07, 6.45) is -0.135. The Bertz CT molecular complexity index is 388. The van der Waals surface area contributed by atoms with Crippen molar-refractivity contribution in [3.05, 3.63) is 23.8 Å². The molecule has 17 heavy (non-hydrogen) atoms. The Hall–Kier alpha value is -1.75. The van der Waals surface area contributed by atoms with Crippen molar-refractivity contribution >= 4 is 5.97 Å². The molecule has 0 saturated carbocycles. The monoisotopic (exact) mass is 240 g/mol. The number of aliphatic hydroxyl groups is 1. The zero-order chi connectivity index (χ0) is 12.8. The van der Waals surface area contributed by atoms with Gasteiger partial charge in [-0.2, -0.15) is 0 Å². The van der Waals surface area contributed by atoms with Gasteiger partial charge >= 0.3 is 5.97 Å². The Morgan fingerprint density at radius 3 is 2.76 bits per heavy atom. The highest BCUT2D eigenvalue weighted by Gasteiger charge is 2.12. The molecule has 0 radical (unpaired) electrons. The molecule has 1 aromatic carbocycles. The minimum absolute atomic E-state index is 0.0431. The van der Waals surface area contributed by atoms with E-state index in [0.29, 0.717) is 6.42 Å². The smallest absolute Gasteiger partial charge is 0.338 e. The van der Waals surface area contributed by atoms with Gasteiger partial charge in [0.15, 0.2) is 11.5 Å². The number of hydrogen-bond donors (Lipinski definition) is 2. The van der Waals surface area contributed by atoms with Crippen LogP contribution < -0.4 is 4.74 Å². The molecule has 0 aromatic heterocycles. The molecule has 94 valence electrons. The minimum Gasteiger partial charge on any atom is -0.504 e. The summed E-state index contributed by atoms with van der Waals surface area (Å²) in [6.45, 7) is 1.75. The lowest BCUT2D eigenvalue weighted by molar-refractivity contribution is 0.0250. The first-order valence-corrected chi connectivity index (χ1v) is 5.30. The van der Waals surface area contributed by atoms with E-state index in [1.165, 1.54) is 25.3 Å². The maximum Gasteiger partial charge on any atom is 0.338 e. The normalized spacial score (nSPS) is 11.9. The lowest BCUT2D eigenvalue weighted by Gasteiger charge is -2.10. The fourth-order valence-electron chi connectivity index (χ4n) is 1.18. The number of carbonyl (C=O) groups is 1. The second-order valence-corrected chi connectivity index (χ2v) is 3.55. The molecule has 0 amide bonds. The lowest BCUT2D eigenvalue weighted by Crippen LogP contribution is -2.17. The first kappa shape index (κ1) is 13.3. The molecule has 1 unspecified atom stereocenters. The van der Waals surface area contributed by atoms with Crippen LogP contribution in [0.4, 0.5) is 0 Å². The molecule has 0 spiro atoms. The number of benzene rings is 1. The number of carbonyl (C=O) groups excluding carboxylic acids is 1. The van der Waals surface area contributed by atoms with Crippen molar-refractivity contribution in [3.8, 4) is 11.5 Å². The van der Waals surface area contributed by atoms with E-state index in [9.17, 15) is 15.0 Å². The highest BCUT2D eigenvalue weighted by atomic mass is 16.5. The molecule has 0 aliphatic rings. The van der Waals surface area contributed by atoms with Crippen molar-refractivity contribution in [2.24, 2.45) is 0 Å². The zero-order valence-corrected chi connectivity index (χ0v) is 9.84. The van der Waals surface area contributed by atoms with E-state index in [-0.39, 0.29) is 23.7 Å². The van der Waals surface area contributed by atoms with Crippen molar-refractivity contribution in [1.82, 2.24) is 0 Å². The van der Waals surface area contributed by atoms with Crippen LogP contribution in [0.3, 0.4) is 0 Å². The van der Waals surface area contributed by atoms with Crippen molar-refractivity contribution in [2.75, 3.05) is 13.7 Å². The molecule has 0 fully saturated rings. The third kappa shape index (κ3) is 3.64. The highest BCUT2D eigenvalue weighted by Crippen LogP contribution is 2.26. The average Bonchev–Trinajstić information content (AvgIpc) is 2.35. The van der Waals surface area contributed by atoms with E-state index in [1.54, 1.807) is 6.92 Å². The van der Waals surface area contributed by atoms with E-state index in [0.717, 1.165) is 0 Å². The molecular formula is C12H16O5. The second kappa shape index (κ2) is 6.10. The molecule has 0 saturated heterocycles. The molecular weight excluding hydrogens is 224 g/mol. The lowest BCUT2D eigenvalue weighted by atomic mass is 10.2. The van der Waals surface area contributed by atoms with Crippen LogP contribution in [0.2, 0.25) is 0 Å². The summed E-state index contributed by atoms with van der Waals surface area (Å²) in [5.41, 5.74) is 0.267. The number of ether oxygens (including phenoxy) is 2. The van der Waals surface area contributed by atoms with E-state index in [4.69, 9.17) is 9.47 Å². The number of hydrogen-bond acceptors (Lipinski definition) is 5. The molecule has 0 aliphatic carbocycles. The number of aliphatic hydroxyl groups excluding tert-OH is 1. The third-order valence-corrected chi connectivity index (χ3v) is 2.29. The summed E-state index contributed by atoms with van der Waals surface area (Å²) in [5.74, 6) is -0.399. The van der Waals surface area contributed by atoms with Gasteiger partial charge in [0.1, 0.15) is 6.61 Å². The predicted molar refractivity (Wildman–Crippen MR) is 61.2 cm³/mol. The summed E-state index contributed by atoms with van der Waals surface area (Å²) in [7, 11) is 1.39. The maximum absolute atomic E-state index is 11.6. The van der Waals surface area contributed by atoms with Gasteiger partial charge in [0, 0.05) is 0 Å². The van der Waals surface area contributed by atoms with E-state index in [1.807, 2.05) is 0 Å². The summed E-state index contributed by atoms with van der Waals surface area (Å²) in [6, 6.07) is 4.17. The van der Waals surface area contributed by atoms with Gasteiger partial charge in [-0.25, -0.2) is 4.79 Å². The van der Waals surface area contributed by atoms with Crippen LogP contribution >= 0.6 is 0 Å². The van der Waals surface area contributed by atoms with Gasteiger partial charge in [0.05, 0.1) is 18.8 Å². The molecule has 1 rings (SSSR count). The summed E-state index contributed by atoms with van der Waals surface area (Å²) >= 11 is 0. The SMILES string of the molecule is CCC(O)COC(=O)c1ccc(O)c(OC)c1. The summed E-state index contributed by atoms with van der Waals surface area (Å²) in [4.78, 5) is 11.6. The third-order valence-electron chi connectivity index (χ3n) is 2.29. The Morgan fingerprint density at radius 2 is 2.18 bits per heavy atom. The predicted octanol–water partition coefficient (Wildman–Crippen LogP) is 1.33. The topological polar surface area (TPSA) is 76.0 Å². The van der Waals surface area contributed by atoms with Gasteiger partial charge in [-0.1, -0.05) is 6.92 Å². The Kier molecular flexibility index (Phi) is 4.78. The molecule has 1 atom stereocenters. The van der Waals surface area contributed by atoms with Crippen molar-refractivity contribution in [2.45, 2.75) is 19.4 Å². The number of phenols is 1. The van der Waals surface area contributed by atoms with Crippen molar-refractivity contribution < 1.29 is 24.5 Å². The maximum atomic E-state index is 11.6. The van der Waals surface area contributed by atoms with Gasteiger partial charge in [-0.3, -0.25) is 0 Å². The number of rotatable bonds is 5. The number of methoxy groups -OCH3 is 1. The standard InChI is InChI=1S/C12H16O5/c1-3-9(13)7-17-12(15)8-4-5-10(14)11(6-8)16-2/h4-6,9,13-14H,3,7H2,1-2H3. The average molecular weight is 240 g/mol. The fourth-order valence-corrected chi connectivity index (χ4v) is 1.18. The van der Waals surface area contributed by atoms with Crippen LogP contribution in [-0.2, 0) is 4.74 Å². The molecule has 0 bridgehead atoms. The zero-order valence-electron chi connectivity index (χ0n) is 9.84. The van der Waals surface area contributed by atoms with Crippen molar-refractivity contribution in [1.29, 1.82) is 0 Å². The second-order valence-electron chi connectivity index (χ2n) is 3.55. The van der Waals surface area contributed by atoms with E-state index in [2.05, 4.69) is 0 Å². The quantitative estimate of drug-likeness (QED) is 0.759. The van der Waals surface area contributed by atoms with E-state index >= 15 is 0 Å². The molecule has 5 nitrogen and oxygen atoms in total. The van der Waals surface area contributed by atoms with Crippen LogP contribution in [-0.4, -0.2) is 36.0 Å². The van der Waals surface area contributed by atoms with Crippen LogP contribution in [0.25, 0.3) is 0 Å². The minimum atomic E-state index is -0.655. The molecule has 0 heterocycles. The van der Waals surface area contributed by atoms with Crippen LogP contribution in [0.1, 0.15) is 23.7 Å².